The van der Waals surface area contributed by atoms with E-state index in [0.717, 1.165) is 25.9 Å². The van der Waals surface area contributed by atoms with Crippen LogP contribution in [0, 0.1) is 5.92 Å². The molecule has 0 atom stereocenters. The minimum Gasteiger partial charge on any atom is -0.383 e. The van der Waals surface area contributed by atoms with Gasteiger partial charge in [-0.15, -0.1) is 11.3 Å². The summed E-state index contributed by atoms with van der Waals surface area (Å²) in [6.07, 6.45) is 2.05. The number of piperidine rings is 1. The first-order valence-electron chi connectivity index (χ1n) is 10.0. The van der Waals surface area contributed by atoms with Gasteiger partial charge >= 0.3 is 6.03 Å². The van der Waals surface area contributed by atoms with Gasteiger partial charge in [-0.25, -0.2) is 9.78 Å². The lowest BCUT2D eigenvalue weighted by molar-refractivity contribution is 0.0691. The Morgan fingerprint density at radius 2 is 2.13 bits per heavy atom. The van der Waals surface area contributed by atoms with E-state index in [1.54, 1.807) is 41.7 Å². The molecule has 1 fully saturated rings. The minimum atomic E-state index is -0.276. The van der Waals surface area contributed by atoms with Crippen LogP contribution >= 0.6 is 22.9 Å². The van der Waals surface area contributed by atoms with E-state index in [2.05, 4.69) is 17.2 Å². The first-order valence-corrected chi connectivity index (χ1v) is 11.3. The molecule has 1 aliphatic heterocycles. The smallest absolute Gasteiger partial charge is 0.322 e. The van der Waals surface area contributed by atoms with Crippen molar-refractivity contribution in [2.45, 2.75) is 26.3 Å². The average molecular weight is 451 g/mol. The lowest BCUT2D eigenvalue weighted by Gasteiger charge is -2.29. The molecule has 1 aromatic heterocycles. The van der Waals surface area contributed by atoms with Crippen molar-refractivity contribution in [2.75, 3.05) is 38.7 Å². The quantitative estimate of drug-likeness (QED) is 0.680. The number of carbonyl (C=O) groups is 2. The van der Waals surface area contributed by atoms with Gasteiger partial charge in [-0.3, -0.25) is 4.79 Å². The van der Waals surface area contributed by atoms with Crippen LogP contribution in [0.25, 0.3) is 0 Å². The summed E-state index contributed by atoms with van der Waals surface area (Å²) in [5.74, 6) is 0.628. The van der Waals surface area contributed by atoms with Crippen LogP contribution in [-0.4, -0.2) is 60.1 Å². The largest absolute Gasteiger partial charge is 0.383 e. The molecule has 1 aliphatic rings. The van der Waals surface area contributed by atoms with Gasteiger partial charge in [0.1, 0.15) is 10.7 Å². The first-order chi connectivity index (χ1) is 14.5. The van der Waals surface area contributed by atoms with Gasteiger partial charge in [0.15, 0.2) is 0 Å². The lowest BCUT2D eigenvalue weighted by Crippen LogP contribution is -2.38. The number of hydrogen-bond acceptors (Lipinski definition) is 5. The summed E-state index contributed by atoms with van der Waals surface area (Å²) in [6, 6.07) is 6.71. The summed E-state index contributed by atoms with van der Waals surface area (Å²) >= 11 is 7.38. The van der Waals surface area contributed by atoms with Gasteiger partial charge in [-0.05, 0) is 37.0 Å². The van der Waals surface area contributed by atoms with Gasteiger partial charge in [0, 0.05) is 42.8 Å². The molecule has 3 rings (SSSR count). The number of benzene rings is 1. The van der Waals surface area contributed by atoms with Gasteiger partial charge in [-0.2, -0.15) is 0 Å². The van der Waals surface area contributed by atoms with Gasteiger partial charge in [0.25, 0.3) is 5.91 Å². The van der Waals surface area contributed by atoms with Gasteiger partial charge < -0.3 is 19.9 Å². The Morgan fingerprint density at radius 3 is 2.83 bits per heavy atom. The van der Waals surface area contributed by atoms with E-state index in [9.17, 15) is 9.59 Å². The van der Waals surface area contributed by atoms with Crippen LogP contribution < -0.4 is 5.32 Å². The number of nitrogens with one attached hydrogen (secondary N) is 1. The highest BCUT2D eigenvalue weighted by Gasteiger charge is 2.24. The Labute approximate surface area is 186 Å². The number of nitrogens with zero attached hydrogens (tertiary/aromatic N) is 3. The zero-order chi connectivity index (χ0) is 21.5. The summed E-state index contributed by atoms with van der Waals surface area (Å²) in [7, 11) is 1.59. The monoisotopic (exact) mass is 450 g/mol. The average Bonchev–Trinajstić information content (AvgIpc) is 3.19. The second-order valence-corrected chi connectivity index (χ2v) is 8.84. The molecule has 0 unspecified atom stereocenters. The van der Waals surface area contributed by atoms with E-state index in [1.165, 1.54) is 11.3 Å². The predicted octanol–water partition coefficient (Wildman–Crippen LogP) is 4.35. The third-order valence-electron chi connectivity index (χ3n) is 5.10. The molecule has 162 valence electrons. The number of carbonyl (C=O) groups excluding carboxylic acids is 2. The maximum absolute atomic E-state index is 12.8. The first kappa shape index (κ1) is 22.5. The summed E-state index contributed by atoms with van der Waals surface area (Å²) in [5.41, 5.74) is 1.07. The number of methoxy groups -OCH3 is 1. The van der Waals surface area contributed by atoms with E-state index in [-0.39, 0.29) is 11.9 Å². The van der Waals surface area contributed by atoms with Crippen LogP contribution in [0.5, 0.6) is 0 Å². The van der Waals surface area contributed by atoms with Crippen molar-refractivity contribution in [3.8, 4) is 0 Å². The van der Waals surface area contributed by atoms with Crippen molar-refractivity contribution in [1.29, 1.82) is 0 Å². The maximum Gasteiger partial charge on any atom is 0.322 e. The Balaban J connectivity index is 1.64. The molecule has 1 saturated heterocycles. The van der Waals surface area contributed by atoms with Crippen molar-refractivity contribution in [2.24, 2.45) is 5.92 Å². The SMILES string of the molecule is COCCN(Cc1nc(C(=O)N2CCC(C)CC2)cs1)C(=O)Nc1cccc(Cl)c1. The topological polar surface area (TPSA) is 74.8 Å². The molecular weight excluding hydrogens is 424 g/mol. The number of ether oxygens (including phenoxy) is 1. The fourth-order valence-corrected chi connectivity index (χ4v) is 4.21. The van der Waals surface area contributed by atoms with E-state index < -0.39 is 0 Å². The molecule has 2 aromatic rings. The number of anilines is 1. The summed E-state index contributed by atoms with van der Waals surface area (Å²) in [4.78, 5) is 33.5. The predicted molar refractivity (Wildman–Crippen MR) is 119 cm³/mol. The summed E-state index contributed by atoms with van der Waals surface area (Å²) < 4.78 is 5.14. The highest BCUT2D eigenvalue weighted by molar-refractivity contribution is 7.09. The van der Waals surface area contributed by atoms with Crippen LogP contribution in [0.1, 0.15) is 35.3 Å². The standard InChI is InChI=1S/C21H27ClN4O3S/c1-15-6-8-25(9-7-15)20(27)18-14-30-19(24-18)13-26(10-11-29-2)21(28)23-17-5-3-4-16(22)12-17/h3-5,12,14-15H,6-11,13H2,1-2H3,(H,23,28). The van der Waals surface area contributed by atoms with Crippen LogP contribution in [-0.2, 0) is 11.3 Å². The number of urea groups is 1. The number of thiazole rings is 1. The fourth-order valence-electron chi connectivity index (χ4n) is 3.24. The van der Waals surface area contributed by atoms with Crippen molar-refractivity contribution in [3.05, 3.63) is 45.4 Å². The van der Waals surface area contributed by atoms with Crippen LogP contribution in [0.4, 0.5) is 10.5 Å². The number of hydrogen-bond donors (Lipinski definition) is 1. The molecule has 1 N–H and O–H groups in total. The van der Waals surface area contributed by atoms with E-state index in [0.29, 0.717) is 47.0 Å². The molecule has 0 aliphatic carbocycles. The molecule has 2 heterocycles. The summed E-state index contributed by atoms with van der Waals surface area (Å²) in [5, 5.41) is 5.88. The molecule has 9 heteroatoms. The number of likely N-dealkylation sites (tertiary alicyclic amines) is 1. The highest BCUT2D eigenvalue weighted by Crippen LogP contribution is 2.20. The maximum atomic E-state index is 12.8. The highest BCUT2D eigenvalue weighted by atomic mass is 35.5. The van der Waals surface area contributed by atoms with E-state index >= 15 is 0 Å². The lowest BCUT2D eigenvalue weighted by atomic mass is 9.99. The number of aromatic nitrogens is 1. The van der Waals surface area contributed by atoms with Gasteiger partial charge in [-0.1, -0.05) is 24.6 Å². The fraction of sp³-hybridized carbons (Fsp3) is 0.476. The molecule has 0 spiro atoms. The molecular formula is C21H27ClN4O3S. The van der Waals surface area contributed by atoms with Gasteiger partial charge in [0.2, 0.25) is 0 Å². The van der Waals surface area contributed by atoms with Crippen LogP contribution in [0.3, 0.4) is 0 Å². The Hall–Kier alpha value is -2.16. The van der Waals surface area contributed by atoms with Crippen molar-refractivity contribution < 1.29 is 14.3 Å². The van der Waals surface area contributed by atoms with Crippen LogP contribution in [0.2, 0.25) is 5.02 Å². The Morgan fingerprint density at radius 1 is 1.37 bits per heavy atom. The van der Waals surface area contributed by atoms with E-state index in [1.807, 2.05) is 4.90 Å². The summed E-state index contributed by atoms with van der Waals surface area (Å²) in [6.45, 7) is 4.85. The molecule has 0 radical (unpaired) electrons. The molecule has 3 amide bonds. The zero-order valence-electron chi connectivity index (χ0n) is 17.3. The molecule has 7 nitrogen and oxygen atoms in total. The molecule has 0 bridgehead atoms. The number of amides is 3. The third kappa shape index (κ3) is 6.17. The van der Waals surface area contributed by atoms with Crippen molar-refractivity contribution in [1.82, 2.24) is 14.8 Å². The number of rotatable bonds is 7. The number of halogens is 1. The minimum absolute atomic E-state index is 0.0313. The second kappa shape index (κ2) is 10.7. The molecule has 1 aromatic carbocycles. The molecule has 0 saturated carbocycles. The van der Waals surface area contributed by atoms with Gasteiger partial charge in [0.05, 0.1) is 13.2 Å². The normalized spacial score (nSPS) is 14.6. The molecule has 30 heavy (non-hydrogen) atoms. The van der Waals surface area contributed by atoms with Crippen LogP contribution in [0.15, 0.2) is 29.6 Å². The Bertz CT molecular complexity index is 867. The van der Waals surface area contributed by atoms with E-state index in [4.69, 9.17) is 16.3 Å². The zero-order valence-corrected chi connectivity index (χ0v) is 18.8. The second-order valence-electron chi connectivity index (χ2n) is 7.46. The third-order valence-corrected chi connectivity index (χ3v) is 6.16. The van der Waals surface area contributed by atoms with Crippen molar-refractivity contribution in [3.63, 3.8) is 0 Å². The van der Waals surface area contributed by atoms with Crippen molar-refractivity contribution >= 4 is 40.6 Å². The Kier molecular flexibility index (Phi) is 8.07.